The number of fused-ring (bicyclic) bond motifs is 1. The van der Waals surface area contributed by atoms with Crippen molar-refractivity contribution in [1.82, 2.24) is 9.80 Å². The summed E-state index contributed by atoms with van der Waals surface area (Å²) >= 11 is 0. The lowest BCUT2D eigenvalue weighted by atomic mass is 9.89. The number of hydrogen-bond acceptors (Lipinski definition) is 3. The number of amides is 2. The number of aryl methyl sites for hydroxylation is 1. The molecule has 4 rings (SSSR count). The molecule has 0 unspecified atom stereocenters. The fourth-order valence-corrected chi connectivity index (χ4v) is 4.47. The summed E-state index contributed by atoms with van der Waals surface area (Å²) in [5.41, 5.74) is 2.51. The van der Waals surface area contributed by atoms with Gasteiger partial charge in [-0.15, -0.1) is 0 Å². The van der Waals surface area contributed by atoms with Crippen LogP contribution in [0, 0.1) is 11.8 Å². The van der Waals surface area contributed by atoms with Crippen LogP contribution in [-0.4, -0.2) is 41.2 Å². The molecule has 0 radical (unpaired) electrons. The first-order valence-electron chi connectivity index (χ1n) is 9.28. The highest BCUT2D eigenvalue weighted by Gasteiger charge is 2.55. The topological polar surface area (TPSA) is 40.6 Å². The molecule has 2 aromatic carbocycles. The van der Waals surface area contributed by atoms with Crippen molar-refractivity contribution in [2.75, 3.05) is 13.6 Å². The Morgan fingerprint density at radius 3 is 2.15 bits per heavy atom. The molecule has 2 heterocycles. The molecule has 0 saturated carbocycles. The maximum Gasteiger partial charge on any atom is 0.234 e. The lowest BCUT2D eigenvalue weighted by Crippen LogP contribution is -2.39. The van der Waals surface area contributed by atoms with Gasteiger partial charge in [0.15, 0.2) is 0 Å². The number of hydrogen-bond donors (Lipinski definition) is 0. The first kappa shape index (κ1) is 17.0. The molecule has 0 aliphatic carbocycles. The molecule has 0 aromatic heterocycles. The Hall–Kier alpha value is -2.46. The van der Waals surface area contributed by atoms with Crippen molar-refractivity contribution in [3.63, 3.8) is 0 Å². The number of carbonyl (C=O) groups is 2. The minimum absolute atomic E-state index is 0.00590. The van der Waals surface area contributed by atoms with Crippen LogP contribution in [0.25, 0.3) is 0 Å². The summed E-state index contributed by atoms with van der Waals surface area (Å²) in [6.45, 7) is 1.46. The Morgan fingerprint density at radius 1 is 0.885 bits per heavy atom. The number of nitrogens with zero attached hydrogens (tertiary/aromatic N) is 2. The van der Waals surface area contributed by atoms with Crippen molar-refractivity contribution in [1.29, 1.82) is 0 Å². The van der Waals surface area contributed by atoms with Crippen molar-refractivity contribution in [2.24, 2.45) is 11.8 Å². The minimum Gasteiger partial charge on any atom is -0.294 e. The van der Waals surface area contributed by atoms with Crippen molar-refractivity contribution in [3.8, 4) is 0 Å². The third-order valence-corrected chi connectivity index (χ3v) is 5.81. The first-order valence-corrected chi connectivity index (χ1v) is 9.28. The largest absolute Gasteiger partial charge is 0.294 e. The minimum atomic E-state index is -0.195. The average molecular weight is 348 g/mol. The van der Waals surface area contributed by atoms with Crippen LogP contribution in [-0.2, 0) is 22.6 Å². The number of benzene rings is 2. The van der Waals surface area contributed by atoms with E-state index < -0.39 is 0 Å². The normalized spacial score (nSPS) is 25.7. The van der Waals surface area contributed by atoms with Crippen molar-refractivity contribution in [3.05, 3.63) is 71.8 Å². The molecular formula is C22H24N2O2. The molecule has 3 atom stereocenters. The molecule has 2 saturated heterocycles. The van der Waals surface area contributed by atoms with E-state index >= 15 is 0 Å². The van der Waals surface area contributed by atoms with E-state index in [1.807, 2.05) is 36.4 Å². The van der Waals surface area contributed by atoms with Crippen LogP contribution in [0.4, 0.5) is 0 Å². The van der Waals surface area contributed by atoms with E-state index in [2.05, 4.69) is 29.2 Å². The maximum atomic E-state index is 12.7. The van der Waals surface area contributed by atoms with Crippen molar-refractivity contribution < 1.29 is 9.59 Å². The van der Waals surface area contributed by atoms with E-state index in [9.17, 15) is 9.59 Å². The molecule has 0 bridgehead atoms. The van der Waals surface area contributed by atoms with Gasteiger partial charge in [0, 0.05) is 26.2 Å². The van der Waals surface area contributed by atoms with Gasteiger partial charge in [0.25, 0.3) is 0 Å². The Morgan fingerprint density at radius 2 is 1.50 bits per heavy atom. The zero-order valence-electron chi connectivity index (χ0n) is 15.0. The predicted octanol–water partition coefficient (Wildman–Crippen LogP) is 2.73. The molecule has 2 aliphatic heterocycles. The van der Waals surface area contributed by atoms with Gasteiger partial charge >= 0.3 is 0 Å². The van der Waals surface area contributed by atoms with Gasteiger partial charge in [-0.2, -0.15) is 0 Å². The van der Waals surface area contributed by atoms with Crippen LogP contribution in [0.1, 0.15) is 17.5 Å². The molecule has 26 heavy (non-hydrogen) atoms. The van der Waals surface area contributed by atoms with E-state index in [-0.39, 0.29) is 29.7 Å². The van der Waals surface area contributed by atoms with Crippen LogP contribution in [0.2, 0.25) is 0 Å². The summed E-state index contributed by atoms with van der Waals surface area (Å²) in [4.78, 5) is 28.9. The van der Waals surface area contributed by atoms with Crippen LogP contribution in [0.5, 0.6) is 0 Å². The summed E-state index contributed by atoms with van der Waals surface area (Å²) < 4.78 is 0. The number of rotatable bonds is 5. The number of carbonyl (C=O) groups excluding carboxylic acids is 2. The smallest absolute Gasteiger partial charge is 0.234 e. The van der Waals surface area contributed by atoms with E-state index in [1.54, 1.807) is 7.05 Å². The predicted molar refractivity (Wildman–Crippen MR) is 100 cm³/mol. The third-order valence-electron chi connectivity index (χ3n) is 5.81. The SMILES string of the molecule is CN1C(=O)[C@H]2[C@@H](CN(Cc3ccccc3)[C@H]2CCc2ccccc2)C1=O. The summed E-state index contributed by atoms with van der Waals surface area (Å²) in [7, 11) is 1.62. The third kappa shape index (κ3) is 3.06. The van der Waals surface area contributed by atoms with E-state index in [1.165, 1.54) is 16.0 Å². The quantitative estimate of drug-likeness (QED) is 0.780. The standard InChI is InChI=1S/C22H24N2O2/c1-23-21(25)18-15-24(14-17-10-6-3-7-11-17)19(20(18)22(23)26)13-12-16-8-4-2-5-9-16/h2-11,18-20H,12-15H2,1H3/t18-,19+,20+/m1/s1. The van der Waals surface area contributed by atoms with Crippen LogP contribution >= 0.6 is 0 Å². The van der Waals surface area contributed by atoms with Crippen LogP contribution in [0.3, 0.4) is 0 Å². The van der Waals surface area contributed by atoms with Crippen LogP contribution < -0.4 is 0 Å². The second kappa shape index (κ2) is 7.04. The Labute approximate surface area is 154 Å². The van der Waals surface area contributed by atoms with E-state index in [0.717, 1.165) is 19.4 Å². The Kier molecular flexibility index (Phi) is 4.60. The average Bonchev–Trinajstić information content (AvgIpc) is 3.13. The number of likely N-dealkylation sites (tertiary alicyclic amines) is 2. The fraction of sp³-hybridized carbons (Fsp3) is 0.364. The van der Waals surface area contributed by atoms with Gasteiger partial charge in [-0.25, -0.2) is 0 Å². The second-order valence-corrected chi connectivity index (χ2v) is 7.37. The molecule has 4 nitrogen and oxygen atoms in total. The molecule has 134 valence electrons. The molecule has 2 aromatic rings. The Balaban J connectivity index is 1.56. The van der Waals surface area contributed by atoms with Gasteiger partial charge in [0.2, 0.25) is 11.8 Å². The molecule has 2 aliphatic rings. The highest BCUT2D eigenvalue weighted by Crippen LogP contribution is 2.40. The molecule has 0 spiro atoms. The van der Waals surface area contributed by atoms with Gasteiger partial charge in [-0.05, 0) is 24.0 Å². The van der Waals surface area contributed by atoms with E-state index in [4.69, 9.17) is 0 Å². The van der Waals surface area contributed by atoms with Gasteiger partial charge in [-0.3, -0.25) is 19.4 Å². The lowest BCUT2D eigenvalue weighted by molar-refractivity contribution is -0.139. The van der Waals surface area contributed by atoms with Crippen molar-refractivity contribution >= 4 is 11.8 Å². The van der Waals surface area contributed by atoms with Gasteiger partial charge in [0.05, 0.1) is 11.8 Å². The molecule has 2 amide bonds. The van der Waals surface area contributed by atoms with E-state index in [0.29, 0.717) is 6.54 Å². The fourth-order valence-electron chi connectivity index (χ4n) is 4.47. The second-order valence-electron chi connectivity index (χ2n) is 7.37. The highest BCUT2D eigenvalue weighted by molar-refractivity contribution is 6.05. The zero-order valence-corrected chi connectivity index (χ0v) is 15.0. The molecular weight excluding hydrogens is 324 g/mol. The zero-order chi connectivity index (χ0) is 18.1. The molecule has 2 fully saturated rings. The first-order chi connectivity index (χ1) is 12.6. The molecule has 0 N–H and O–H groups in total. The van der Waals surface area contributed by atoms with Gasteiger partial charge < -0.3 is 0 Å². The highest BCUT2D eigenvalue weighted by atomic mass is 16.2. The molecule has 4 heteroatoms. The summed E-state index contributed by atoms with van der Waals surface area (Å²) in [6, 6.07) is 20.8. The summed E-state index contributed by atoms with van der Waals surface area (Å²) in [5, 5.41) is 0. The summed E-state index contributed by atoms with van der Waals surface area (Å²) in [5.74, 6) is -0.397. The van der Waals surface area contributed by atoms with Crippen LogP contribution in [0.15, 0.2) is 60.7 Å². The summed E-state index contributed by atoms with van der Waals surface area (Å²) in [6.07, 6.45) is 1.82. The maximum absolute atomic E-state index is 12.7. The van der Waals surface area contributed by atoms with Gasteiger partial charge in [-0.1, -0.05) is 60.7 Å². The van der Waals surface area contributed by atoms with Crippen molar-refractivity contribution in [2.45, 2.75) is 25.4 Å². The monoisotopic (exact) mass is 348 g/mol. The lowest BCUT2D eigenvalue weighted by Gasteiger charge is -2.28. The Bertz CT molecular complexity index is 790. The van der Waals surface area contributed by atoms with Gasteiger partial charge in [0.1, 0.15) is 0 Å². The number of imide groups is 1.